The van der Waals surface area contributed by atoms with Crippen molar-refractivity contribution in [2.75, 3.05) is 19.7 Å². The molecule has 1 aliphatic rings. The van der Waals surface area contributed by atoms with Crippen LogP contribution in [-0.4, -0.2) is 205 Å². The largest absolute Gasteiger partial charge is 0.481 e. The third-order valence-electron chi connectivity index (χ3n) is 14.2. The van der Waals surface area contributed by atoms with Crippen LogP contribution in [0.4, 0.5) is 0 Å². The van der Waals surface area contributed by atoms with Crippen molar-refractivity contribution >= 4 is 87.9 Å². The van der Waals surface area contributed by atoms with Gasteiger partial charge in [-0.15, -0.1) is 0 Å². The molecule has 13 atom stereocenters. The number of nitrogens with zero attached hydrogens (tertiary/aromatic N) is 2. The monoisotopic (exact) mass is 1220 g/mol. The lowest BCUT2D eigenvalue weighted by Gasteiger charge is -2.32. The molecule has 22 N–H and O–H groups in total. The molecule has 32 nitrogen and oxygen atoms in total. The second-order valence-corrected chi connectivity index (χ2v) is 21.7. The van der Waals surface area contributed by atoms with E-state index in [1.807, 2.05) is 5.32 Å². The maximum absolute atomic E-state index is 14.6. The van der Waals surface area contributed by atoms with Gasteiger partial charge in [0.1, 0.15) is 54.4 Å². The minimum atomic E-state index is -1.87. The number of aromatic amines is 1. The van der Waals surface area contributed by atoms with Gasteiger partial charge in [-0.2, -0.15) is 0 Å². The molecule has 1 fully saturated rings. The molecule has 10 amide bonds. The molecular formula is C54H85N15O17. The van der Waals surface area contributed by atoms with E-state index in [1.54, 1.807) is 58.2 Å². The number of nitrogens with one attached hydrogen (secondary N) is 9. The van der Waals surface area contributed by atoms with Crippen molar-refractivity contribution in [1.29, 1.82) is 0 Å². The summed E-state index contributed by atoms with van der Waals surface area (Å²) in [5, 5.41) is 69.0. The Bertz CT molecular complexity index is 2750. The summed E-state index contributed by atoms with van der Waals surface area (Å²) in [5.41, 5.74) is 23.4. The Morgan fingerprint density at radius 2 is 1.23 bits per heavy atom. The average Bonchev–Trinajstić information content (AvgIpc) is 3.56. The molecule has 3 rings (SSSR count). The third-order valence-corrected chi connectivity index (χ3v) is 14.2. The minimum Gasteiger partial charge on any atom is -0.481 e. The van der Waals surface area contributed by atoms with Crippen LogP contribution in [0.3, 0.4) is 0 Å². The van der Waals surface area contributed by atoms with Gasteiger partial charge in [0.15, 0.2) is 12.0 Å². The van der Waals surface area contributed by atoms with Gasteiger partial charge in [0.25, 0.3) is 0 Å². The number of likely N-dealkylation sites (tertiary alicyclic amines) is 1. The molecule has 1 aliphatic heterocycles. The fourth-order valence-corrected chi connectivity index (χ4v) is 9.31. The van der Waals surface area contributed by atoms with Gasteiger partial charge in [-0.05, 0) is 75.8 Å². The first kappa shape index (κ1) is 71.8. The van der Waals surface area contributed by atoms with E-state index in [0.29, 0.717) is 29.3 Å². The molecule has 0 saturated carbocycles. The Kier molecular flexibility index (Phi) is 28.8. The number of benzene rings is 1. The second kappa shape index (κ2) is 34.5. The summed E-state index contributed by atoms with van der Waals surface area (Å²) in [6, 6.07) is -8.71. The number of amides is 10. The van der Waals surface area contributed by atoms with Gasteiger partial charge in [0.2, 0.25) is 59.1 Å². The van der Waals surface area contributed by atoms with Gasteiger partial charge in [0.05, 0.1) is 25.2 Å². The quantitative estimate of drug-likeness (QED) is 0.0172. The van der Waals surface area contributed by atoms with E-state index in [-0.39, 0.29) is 51.2 Å². The van der Waals surface area contributed by atoms with Gasteiger partial charge < -0.3 is 101 Å². The Labute approximate surface area is 495 Å². The number of carbonyl (C=O) groups excluding carboxylic acids is 10. The van der Waals surface area contributed by atoms with Crippen LogP contribution in [0.15, 0.2) is 35.5 Å². The number of aliphatic hydroxyl groups excluding tert-OH is 3. The lowest BCUT2D eigenvalue weighted by atomic mass is 9.97. The zero-order valence-corrected chi connectivity index (χ0v) is 49.0. The molecule has 2 heterocycles. The first-order valence-corrected chi connectivity index (χ1v) is 28.2. The van der Waals surface area contributed by atoms with Crippen molar-refractivity contribution < 1.29 is 83.1 Å². The number of carbonyl (C=O) groups is 12. The summed E-state index contributed by atoms with van der Waals surface area (Å²) in [6.45, 7) is 8.28. The number of guanidine groups is 1. The summed E-state index contributed by atoms with van der Waals surface area (Å²) in [7, 11) is 0. The first-order chi connectivity index (χ1) is 40.4. The summed E-state index contributed by atoms with van der Waals surface area (Å²) in [5.74, 6) is -14.3. The van der Waals surface area contributed by atoms with E-state index >= 15 is 0 Å². The topological polar surface area (TPSA) is 538 Å². The zero-order chi connectivity index (χ0) is 64.7. The van der Waals surface area contributed by atoms with Gasteiger partial charge in [-0.25, -0.2) is 4.79 Å². The highest BCUT2D eigenvalue weighted by atomic mass is 16.4. The maximum Gasteiger partial charge on any atom is 0.328 e. The van der Waals surface area contributed by atoms with E-state index in [0.717, 1.165) is 13.8 Å². The fraction of sp³-hybridized carbons (Fsp3) is 0.611. The number of fused-ring (bicyclic) bond motifs is 1. The number of hydrogen-bond donors (Lipinski definition) is 18. The molecule has 32 heteroatoms. The predicted molar refractivity (Wildman–Crippen MR) is 308 cm³/mol. The molecule has 86 heavy (non-hydrogen) atoms. The van der Waals surface area contributed by atoms with Crippen LogP contribution in [0.1, 0.15) is 105 Å². The van der Waals surface area contributed by atoms with Crippen molar-refractivity contribution in [3.8, 4) is 0 Å². The smallest absolute Gasteiger partial charge is 0.328 e. The molecule has 1 aromatic heterocycles. The lowest BCUT2D eigenvalue weighted by Crippen LogP contribution is -2.62. The number of nitrogens with two attached hydrogens (primary N) is 4. The molecule has 0 radical (unpaired) electrons. The Morgan fingerprint density at radius 1 is 0.686 bits per heavy atom. The highest BCUT2D eigenvalue weighted by Crippen LogP contribution is 2.24. The fourth-order valence-electron chi connectivity index (χ4n) is 9.31. The molecule has 478 valence electrons. The van der Waals surface area contributed by atoms with Gasteiger partial charge in [-0.3, -0.25) is 57.7 Å². The highest BCUT2D eigenvalue weighted by Gasteiger charge is 2.42. The van der Waals surface area contributed by atoms with E-state index in [9.17, 15) is 83.1 Å². The molecule has 0 unspecified atom stereocenters. The predicted octanol–water partition coefficient (Wildman–Crippen LogP) is -5.37. The first-order valence-electron chi connectivity index (χ1n) is 28.2. The van der Waals surface area contributed by atoms with Gasteiger partial charge in [0, 0.05) is 43.0 Å². The van der Waals surface area contributed by atoms with Crippen molar-refractivity contribution in [3.63, 3.8) is 0 Å². The van der Waals surface area contributed by atoms with Crippen molar-refractivity contribution in [2.24, 2.45) is 39.8 Å². The minimum absolute atomic E-state index is 0.0245. The summed E-state index contributed by atoms with van der Waals surface area (Å²) < 4.78 is 0. The van der Waals surface area contributed by atoms with E-state index in [4.69, 9.17) is 22.9 Å². The zero-order valence-electron chi connectivity index (χ0n) is 49.0. The molecule has 2 aromatic rings. The van der Waals surface area contributed by atoms with E-state index in [1.165, 1.54) is 4.90 Å². The number of primary amides is 1. The Balaban J connectivity index is 1.98. The number of rotatable bonds is 36. The normalized spacial score (nSPS) is 17.2. The molecule has 0 bridgehead atoms. The number of carboxylic acid groups (broad SMARTS) is 2. The third kappa shape index (κ3) is 22.2. The van der Waals surface area contributed by atoms with Crippen LogP contribution in [-0.2, 0) is 64.0 Å². The standard InChI is InChI=1S/C54H85N15O17/c1-7-26(4)41(66-44(76)31(55)24-70)52(84)69-19-11-15-38(69)50(82)65-36(21-29-23-60-32-13-9-8-12-30(29)32)48(80)64-37(22-39(56)73)49(81)63-35(20-25(2)3)47(79)62-34(16-17-40(74)75)45(77)61-33(14-10-18-59-54(57)58)46(78)67-42(27(5)71)51(83)68-43(28(6)72)53(85)86/h8-9,12-13,23,25-28,31,33-38,41-43,60,70-72H,7,10-11,14-22,24,55H2,1-6H3,(H2,56,73)(H,61,77)(H,62,79)(H,63,81)(H,64,80)(H,65,82)(H,66,76)(H,67,78)(H,68,83)(H,74,75)(H,85,86)(H4,57,58,59)/t26-,27+,28+,31-,33-,34-,35-,36-,37-,38-,41-,42-,43-/m0/s1. The molecule has 1 aromatic carbocycles. The van der Waals surface area contributed by atoms with Crippen LogP contribution in [0.5, 0.6) is 0 Å². The molecular weight excluding hydrogens is 1130 g/mol. The van der Waals surface area contributed by atoms with E-state index < -0.39 is 181 Å². The summed E-state index contributed by atoms with van der Waals surface area (Å²) >= 11 is 0. The SMILES string of the molecule is CC[C@H](C)[C@H](NC(=O)[C@@H](N)CO)C(=O)N1CCC[C@H]1C(=O)N[C@@H](Cc1c[nH]c2ccccc12)C(=O)N[C@@H](CC(N)=O)C(=O)N[C@@H](CC(C)C)C(=O)N[C@@H](CCC(=O)O)C(=O)N[C@@H](CCCN=C(N)N)C(=O)N[C@H](C(=O)N[C@H](C(=O)O)[C@@H](C)O)[C@@H](C)O. The Morgan fingerprint density at radius 3 is 1.80 bits per heavy atom. The van der Waals surface area contributed by atoms with Gasteiger partial charge >= 0.3 is 11.9 Å². The van der Waals surface area contributed by atoms with Crippen LogP contribution >= 0.6 is 0 Å². The van der Waals surface area contributed by atoms with Crippen molar-refractivity contribution in [1.82, 2.24) is 52.4 Å². The lowest BCUT2D eigenvalue weighted by molar-refractivity contribution is -0.146. The Hall–Kier alpha value is -8.49. The van der Waals surface area contributed by atoms with Crippen LogP contribution < -0.4 is 65.5 Å². The number of aliphatic hydroxyl groups is 3. The van der Waals surface area contributed by atoms with Crippen molar-refractivity contribution in [3.05, 3.63) is 36.0 Å². The number of para-hydroxylation sites is 1. The highest BCUT2D eigenvalue weighted by molar-refractivity contribution is 6.00. The molecule has 1 saturated heterocycles. The van der Waals surface area contributed by atoms with Crippen LogP contribution in [0, 0.1) is 11.8 Å². The number of carboxylic acids is 2. The summed E-state index contributed by atoms with van der Waals surface area (Å²) in [6.07, 6.45) is -3.71. The van der Waals surface area contributed by atoms with E-state index in [2.05, 4.69) is 47.2 Å². The number of H-pyrrole nitrogens is 1. The maximum atomic E-state index is 14.6. The molecule has 0 spiro atoms. The van der Waals surface area contributed by atoms with Crippen LogP contribution in [0.2, 0.25) is 0 Å². The van der Waals surface area contributed by atoms with Crippen molar-refractivity contribution in [2.45, 2.75) is 178 Å². The second-order valence-electron chi connectivity index (χ2n) is 21.7. The van der Waals surface area contributed by atoms with Gasteiger partial charge in [-0.1, -0.05) is 52.3 Å². The van der Waals surface area contributed by atoms with Crippen LogP contribution in [0.25, 0.3) is 10.9 Å². The summed E-state index contributed by atoms with van der Waals surface area (Å²) in [4.78, 5) is 170. The number of aromatic nitrogens is 1. The average molecular weight is 1220 g/mol. The molecule has 0 aliphatic carbocycles. The number of aliphatic carboxylic acids is 2. The number of aliphatic imine (C=N–C) groups is 1. The number of hydrogen-bond acceptors (Lipinski definition) is 17.